The normalized spacial score (nSPS) is 22.8. The van der Waals surface area contributed by atoms with Gasteiger partial charge in [-0.25, -0.2) is 0 Å². The van der Waals surface area contributed by atoms with Crippen LogP contribution in [0, 0.1) is 5.92 Å². The van der Waals surface area contributed by atoms with Crippen molar-refractivity contribution in [1.29, 1.82) is 0 Å². The highest BCUT2D eigenvalue weighted by Gasteiger charge is 2.21. The first-order valence-corrected chi connectivity index (χ1v) is 11.2. The number of aliphatic imine (C=N–C) groups is 1. The molecule has 2 nitrogen and oxygen atoms in total. The van der Waals surface area contributed by atoms with Gasteiger partial charge in [-0.3, -0.25) is 4.99 Å². The molecule has 2 heteroatoms. The predicted molar refractivity (Wildman–Crippen MR) is 131 cm³/mol. The summed E-state index contributed by atoms with van der Waals surface area (Å²) in [5, 5.41) is 3.74. The summed E-state index contributed by atoms with van der Waals surface area (Å²) in [6.45, 7) is 0.810. The lowest BCUT2D eigenvalue weighted by molar-refractivity contribution is 0.609. The minimum absolute atomic E-state index is 0.0855. The highest BCUT2D eigenvalue weighted by atomic mass is 15.0. The molecular formula is C29H28N2. The van der Waals surface area contributed by atoms with Crippen LogP contribution in [0.5, 0.6) is 0 Å². The van der Waals surface area contributed by atoms with Crippen molar-refractivity contribution in [2.24, 2.45) is 10.9 Å². The summed E-state index contributed by atoms with van der Waals surface area (Å²) in [4.78, 5) is 5.28. The van der Waals surface area contributed by atoms with Gasteiger partial charge in [0.25, 0.3) is 0 Å². The molecular weight excluding hydrogens is 376 g/mol. The Balaban J connectivity index is 1.49. The monoisotopic (exact) mass is 404 g/mol. The number of hydrogen-bond donors (Lipinski definition) is 1. The Kier molecular flexibility index (Phi) is 5.79. The third-order valence-corrected chi connectivity index (χ3v) is 6.19. The van der Waals surface area contributed by atoms with Crippen molar-refractivity contribution in [2.75, 3.05) is 6.54 Å². The molecule has 0 bridgehead atoms. The number of hydrogen-bond acceptors (Lipinski definition) is 2. The molecule has 2 atom stereocenters. The van der Waals surface area contributed by atoms with Crippen molar-refractivity contribution in [3.63, 3.8) is 0 Å². The molecule has 1 heterocycles. The Hall–Kier alpha value is -3.39. The molecule has 5 rings (SSSR count). The maximum absolute atomic E-state index is 5.28. The largest absolute Gasteiger partial charge is 0.385 e. The van der Waals surface area contributed by atoms with Gasteiger partial charge in [-0.2, -0.15) is 0 Å². The minimum atomic E-state index is 0.0855. The smallest absolute Gasteiger partial charge is 0.0928 e. The van der Waals surface area contributed by atoms with E-state index in [4.69, 9.17) is 4.99 Å². The molecule has 1 N–H and O–H groups in total. The first-order valence-electron chi connectivity index (χ1n) is 11.2. The second-order valence-electron chi connectivity index (χ2n) is 8.32. The van der Waals surface area contributed by atoms with E-state index in [1.165, 1.54) is 28.0 Å². The third-order valence-electron chi connectivity index (χ3n) is 6.19. The van der Waals surface area contributed by atoms with Gasteiger partial charge >= 0.3 is 0 Å². The summed E-state index contributed by atoms with van der Waals surface area (Å²) < 4.78 is 0. The van der Waals surface area contributed by atoms with Gasteiger partial charge in [0.1, 0.15) is 0 Å². The molecule has 3 aliphatic rings. The summed E-state index contributed by atoms with van der Waals surface area (Å²) in [5.74, 6) is 0.393. The molecule has 0 aromatic heterocycles. The minimum Gasteiger partial charge on any atom is -0.385 e. The molecule has 0 saturated carbocycles. The predicted octanol–water partition coefficient (Wildman–Crippen LogP) is 6.73. The molecule has 0 spiro atoms. The van der Waals surface area contributed by atoms with E-state index in [1.807, 2.05) is 0 Å². The summed E-state index contributed by atoms with van der Waals surface area (Å²) in [6, 6.07) is 19.5. The quantitative estimate of drug-likeness (QED) is 0.600. The van der Waals surface area contributed by atoms with Crippen LogP contribution in [0.15, 0.2) is 119 Å². The summed E-state index contributed by atoms with van der Waals surface area (Å²) in [7, 11) is 0. The van der Waals surface area contributed by atoms with Crippen molar-refractivity contribution < 1.29 is 0 Å². The molecule has 1 aliphatic heterocycles. The van der Waals surface area contributed by atoms with E-state index in [-0.39, 0.29) is 6.04 Å². The average Bonchev–Trinajstić information content (AvgIpc) is 3.09. The fourth-order valence-electron chi connectivity index (χ4n) is 4.45. The van der Waals surface area contributed by atoms with Crippen molar-refractivity contribution in [1.82, 2.24) is 5.32 Å². The zero-order valence-electron chi connectivity index (χ0n) is 17.7. The molecule has 0 fully saturated rings. The molecule has 31 heavy (non-hydrogen) atoms. The Morgan fingerprint density at radius 1 is 0.871 bits per heavy atom. The van der Waals surface area contributed by atoms with Crippen LogP contribution in [0.25, 0.3) is 11.1 Å². The fourth-order valence-corrected chi connectivity index (χ4v) is 4.45. The van der Waals surface area contributed by atoms with E-state index >= 15 is 0 Å². The van der Waals surface area contributed by atoms with E-state index in [2.05, 4.69) is 109 Å². The second-order valence-corrected chi connectivity index (χ2v) is 8.32. The SMILES string of the molecule is C1=CCCC(C2=N[C@H](c3cccc(-c4ccccc4)c3)CNC(C3C=CC=CC3)=C2)=C1. The number of rotatable bonds is 4. The molecule has 0 radical (unpaired) electrons. The van der Waals surface area contributed by atoms with E-state index in [9.17, 15) is 0 Å². The summed E-state index contributed by atoms with van der Waals surface area (Å²) in [6.07, 6.45) is 20.9. The van der Waals surface area contributed by atoms with Gasteiger partial charge < -0.3 is 5.32 Å². The van der Waals surface area contributed by atoms with E-state index in [1.54, 1.807) is 0 Å². The molecule has 154 valence electrons. The molecule has 2 aromatic rings. The van der Waals surface area contributed by atoms with Crippen LogP contribution in [0.1, 0.15) is 30.9 Å². The molecule has 0 amide bonds. The Bertz CT molecular complexity index is 1110. The number of benzene rings is 2. The Morgan fingerprint density at radius 3 is 2.58 bits per heavy atom. The van der Waals surface area contributed by atoms with Crippen molar-refractivity contribution >= 4 is 5.71 Å². The first-order chi connectivity index (χ1) is 15.4. The van der Waals surface area contributed by atoms with Gasteiger partial charge in [-0.05, 0) is 53.7 Å². The fraction of sp³-hybridized carbons (Fsp3) is 0.207. The lowest BCUT2D eigenvalue weighted by Gasteiger charge is -2.20. The Labute approximate surface area is 185 Å². The molecule has 0 saturated heterocycles. The van der Waals surface area contributed by atoms with Crippen LogP contribution in [0.4, 0.5) is 0 Å². The van der Waals surface area contributed by atoms with Crippen molar-refractivity contribution in [3.8, 4) is 11.1 Å². The highest BCUT2D eigenvalue weighted by molar-refractivity contribution is 6.09. The molecule has 2 aromatic carbocycles. The van der Waals surface area contributed by atoms with Crippen LogP contribution in [-0.2, 0) is 0 Å². The van der Waals surface area contributed by atoms with Crippen molar-refractivity contribution in [2.45, 2.75) is 25.3 Å². The highest BCUT2D eigenvalue weighted by Crippen LogP contribution is 2.30. The average molecular weight is 405 g/mol. The standard InChI is InChI=1S/C29H28N2/c1-4-11-22(12-5-1)25-17-10-18-26(19-25)29-21-30-27(23-13-6-2-7-14-23)20-28(31-29)24-15-8-3-9-16-24/h1-8,10-13,15,17-20,23,29-30H,9,14,16,21H2/t23?,29-/m0/s1. The van der Waals surface area contributed by atoms with E-state index in [0.29, 0.717) is 5.92 Å². The summed E-state index contributed by atoms with van der Waals surface area (Å²) in [5.41, 5.74) is 7.48. The van der Waals surface area contributed by atoms with Crippen LogP contribution in [0.3, 0.4) is 0 Å². The van der Waals surface area contributed by atoms with Crippen LogP contribution < -0.4 is 5.32 Å². The van der Waals surface area contributed by atoms with E-state index < -0.39 is 0 Å². The van der Waals surface area contributed by atoms with Crippen LogP contribution >= 0.6 is 0 Å². The Morgan fingerprint density at radius 2 is 1.77 bits per heavy atom. The third kappa shape index (κ3) is 4.54. The lowest BCUT2D eigenvalue weighted by Crippen LogP contribution is -2.23. The van der Waals surface area contributed by atoms with Gasteiger partial charge in [-0.15, -0.1) is 0 Å². The van der Waals surface area contributed by atoms with Crippen molar-refractivity contribution in [3.05, 3.63) is 120 Å². The zero-order chi connectivity index (χ0) is 20.9. The molecule has 2 aliphatic carbocycles. The van der Waals surface area contributed by atoms with Crippen LogP contribution in [-0.4, -0.2) is 12.3 Å². The van der Waals surface area contributed by atoms with Gasteiger partial charge in [0.2, 0.25) is 0 Å². The number of nitrogens with zero attached hydrogens (tertiary/aromatic N) is 1. The lowest BCUT2D eigenvalue weighted by atomic mass is 9.93. The van der Waals surface area contributed by atoms with Gasteiger partial charge in [0.15, 0.2) is 0 Å². The maximum Gasteiger partial charge on any atom is 0.0928 e. The first kappa shape index (κ1) is 19.6. The van der Waals surface area contributed by atoms with Gasteiger partial charge in [0, 0.05) is 18.2 Å². The van der Waals surface area contributed by atoms with E-state index in [0.717, 1.165) is 31.5 Å². The maximum atomic E-state index is 5.28. The van der Waals surface area contributed by atoms with Gasteiger partial charge in [-0.1, -0.05) is 91.1 Å². The number of nitrogens with one attached hydrogen (secondary N) is 1. The topological polar surface area (TPSA) is 24.4 Å². The zero-order valence-corrected chi connectivity index (χ0v) is 17.7. The molecule has 1 unspecified atom stereocenters. The number of allylic oxidation sites excluding steroid dienone is 9. The summed E-state index contributed by atoms with van der Waals surface area (Å²) >= 11 is 0. The van der Waals surface area contributed by atoms with Crippen LogP contribution in [0.2, 0.25) is 0 Å². The second kappa shape index (κ2) is 9.18. The van der Waals surface area contributed by atoms with Gasteiger partial charge in [0.05, 0.1) is 11.8 Å².